The SMILES string of the molecule is COc1ccc(/C=C/C(=O)Nc2cc(C)n(Cc3c(Cl)cccc3Cl)n2)cc1COc1ccccc1. The Bertz CT molecular complexity index is 1360. The van der Waals surface area contributed by atoms with Crippen molar-refractivity contribution in [3.63, 3.8) is 0 Å². The number of aromatic nitrogens is 2. The van der Waals surface area contributed by atoms with E-state index in [0.717, 1.165) is 28.1 Å². The lowest BCUT2D eigenvalue weighted by Gasteiger charge is -2.11. The predicted molar refractivity (Wildman–Crippen MR) is 144 cm³/mol. The van der Waals surface area contributed by atoms with Crippen LogP contribution in [-0.2, 0) is 17.9 Å². The summed E-state index contributed by atoms with van der Waals surface area (Å²) in [5, 5.41) is 8.41. The second-order valence-electron chi connectivity index (χ2n) is 8.02. The summed E-state index contributed by atoms with van der Waals surface area (Å²) < 4.78 is 13.1. The fraction of sp³-hybridized carbons (Fsp3) is 0.143. The van der Waals surface area contributed by atoms with E-state index < -0.39 is 0 Å². The Hall–Kier alpha value is -3.74. The molecule has 1 amide bonds. The fourth-order valence-corrected chi connectivity index (χ4v) is 4.11. The molecule has 0 aliphatic heterocycles. The van der Waals surface area contributed by atoms with E-state index in [9.17, 15) is 4.79 Å². The van der Waals surface area contributed by atoms with Gasteiger partial charge in [-0.25, -0.2) is 0 Å². The van der Waals surface area contributed by atoms with Gasteiger partial charge in [0.1, 0.15) is 18.1 Å². The Balaban J connectivity index is 1.41. The molecule has 8 heteroatoms. The first-order chi connectivity index (χ1) is 17.4. The molecule has 3 aromatic carbocycles. The highest BCUT2D eigenvalue weighted by atomic mass is 35.5. The summed E-state index contributed by atoms with van der Waals surface area (Å²) in [5.74, 6) is 1.63. The molecule has 0 saturated heterocycles. The van der Waals surface area contributed by atoms with Gasteiger partial charge in [0, 0.05) is 39.0 Å². The van der Waals surface area contributed by atoms with E-state index in [1.807, 2.05) is 55.5 Å². The van der Waals surface area contributed by atoms with Crippen molar-refractivity contribution >= 4 is 41.0 Å². The number of methoxy groups -OCH3 is 1. The van der Waals surface area contributed by atoms with E-state index in [0.29, 0.717) is 34.8 Å². The molecule has 0 saturated carbocycles. The third-order valence-corrected chi connectivity index (χ3v) is 6.18. The number of hydrogen-bond donors (Lipinski definition) is 1. The molecule has 0 aliphatic rings. The highest BCUT2D eigenvalue weighted by Gasteiger charge is 2.11. The lowest BCUT2D eigenvalue weighted by molar-refractivity contribution is -0.111. The van der Waals surface area contributed by atoms with E-state index in [1.54, 1.807) is 42.1 Å². The number of para-hydroxylation sites is 1. The lowest BCUT2D eigenvalue weighted by Crippen LogP contribution is -2.10. The van der Waals surface area contributed by atoms with Crippen molar-refractivity contribution < 1.29 is 14.3 Å². The highest BCUT2D eigenvalue weighted by Crippen LogP contribution is 2.26. The molecule has 0 aliphatic carbocycles. The Morgan fingerprint density at radius 1 is 1.03 bits per heavy atom. The molecule has 36 heavy (non-hydrogen) atoms. The number of rotatable bonds is 9. The molecule has 1 N–H and O–H groups in total. The molecule has 6 nitrogen and oxygen atoms in total. The van der Waals surface area contributed by atoms with E-state index >= 15 is 0 Å². The van der Waals surface area contributed by atoms with Gasteiger partial charge in [0.15, 0.2) is 5.82 Å². The average Bonchev–Trinajstić information content (AvgIpc) is 3.22. The van der Waals surface area contributed by atoms with Crippen molar-refractivity contribution in [2.75, 3.05) is 12.4 Å². The summed E-state index contributed by atoms with van der Waals surface area (Å²) in [6.45, 7) is 2.64. The third-order valence-electron chi connectivity index (χ3n) is 5.47. The second-order valence-corrected chi connectivity index (χ2v) is 8.84. The molecule has 4 rings (SSSR count). The topological polar surface area (TPSA) is 65.4 Å². The van der Waals surface area contributed by atoms with Crippen LogP contribution >= 0.6 is 23.2 Å². The van der Waals surface area contributed by atoms with Crippen molar-refractivity contribution in [3.8, 4) is 11.5 Å². The molecule has 0 atom stereocenters. The van der Waals surface area contributed by atoms with Gasteiger partial charge in [-0.2, -0.15) is 5.10 Å². The molecule has 0 radical (unpaired) electrons. The monoisotopic (exact) mass is 521 g/mol. The summed E-state index contributed by atoms with van der Waals surface area (Å²) >= 11 is 12.6. The molecule has 0 fully saturated rings. The van der Waals surface area contributed by atoms with Gasteiger partial charge in [-0.3, -0.25) is 9.48 Å². The quantitative estimate of drug-likeness (QED) is 0.246. The highest BCUT2D eigenvalue weighted by molar-refractivity contribution is 6.36. The van der Waals surface area contributed by atoms with Crippen molar-refractivity contribution in [3.05, 3.63) is 111 Å². The molecule has 1 aromatic heterocycles. The van der Waals surface area contributed by atoms with Gasteiger partial charge in [-0.15, -0.1) is 0 Å². The first-order valence-electron chi connectivity index (χ1n) is 11.2. The van der Waals surface area contributed by atoms with Crippen LogP contribution in [0.5, 0.6) is 11.5 Å². The van der Waals surface area contributed by atoms with Crippen molar-refractivity contribution in [1.29, 1.82) is 0 Å². The van der Waals surface area contributed by atoms with Crippen molar-refractivity contribution in [2.45, 2.75) is 20.1 Å². The Morgan fingerprint density at radius 3 is 2.50 bits per heavy atom. The maximum Gasteiger partial charge on any atom is 0.249 e. The fourth-order valence-electron chi connectivity index (χ4n) is 3.60. The lowest BCUT2D eigenvalue weighted by atomic mass is 10.1. The number of amides is 1. The minimum Gasteiger partial charge on any atom is -0.496 e. The third kappa shape index (κ3) is 6.47. The van der Waals surface area contributed by atoms with Crippen LogP contribution < -0.4 is 14.8 Å². The summed E-state index contributed by atoms with van der Waals surface area (Å²) in [6, 6.07) is 22.4. The predicted octanol–water partition coefficient (Wildman–Crippen LogP) is 6.79. The van der Waals surface area contributed by atoms with E-state index in [4.69, 9.17) is 32.7 Å². The zero-order valence-electron chi connectivity index (χ0n) is 19.9. The number of carbonyl (C=O) groups excluding carboxylic acids is 1. The van der Waals surface area contributed by atoms with E-state index in [2.05, 4.69) is 10.4 Å². The summed E-state index contributed by atoms with van der Waals surface area (Å²) in [7, 11) is 1.62. The number of anilines is 1. The maximum absolute atomic E-state index is 12.6. The van der Waals surface area contributed by atoms with Crippen LogP contribution in [0.1, 0.15) is 22.4 Å². The summed E-state index contributed by atoms with van der Waals surface area (Å²) in [6.07, 6.45) is 3.19. The van der Waals surface area contributed by atoms with Crippen LogP contribution in [0.4, 0.5) is 5.82 Å². The first kappa shape index (κ1) is 25.4. The Morgan fingerprint density at radius 2 is 1.78 bits per heavy atom. The zero-order valence-corrected chi connectivity index (χ0v) is 21.4. The maximum atomic E-state index is 12.6. The number of benzene rings is 3. The van der Waals surface area contributed by atoms with Gasteiger partial charge in [0.25, 0.3) is 0 Å². The van der Waals surface area contributed by atoms with Crippen LogP contribution in [-0.4, -0.2) is 22.8 Å². The zero-order chi connectivity index (χ0) is 25.5. The Kier molecular flexibility index (Phi) is 8.31. The van der Waals surface area contributed by atoms with Gasteiger partial charge in [-0.1, -0.05) is 53.5 Å². The smallest absolute Gasteiger partial charge is 0.249 e. The number of hydrogen-bond acceptors (Lipinski definition) is 4. The van der Waals surface area contributed by atoms with Gasteiger partial charge >= 0.3 is 0 Å². The van der Waals surface area contributed by atoms with Gasteiger partial charge in [-0.05, 0) is 55.0 Å². The number of carbonyl (C=O) groups is 1. The van der Waals surface area contributed by atoms with Crippen LogP contribution in [0.15, 0.2) is 78.9 Å². The second kappa shape index (κ2) is 11.8. The van der Waals surface area contributed by atoms with Crippen LogP contribution in [0.25, 0.3) is 6.08 Å². The number of nitrogens with zero attached hydrogens (tertiary/aromatic N) is 2. The molecular formula is C28H25Cl2N3O3. The Labute approximate surface area is 220 Å². The van der Waals surface area contributed by atoms with Gasteiger partial charge in [0.05, 0.1) is 13.7 Å². The van der Waals surface area contributed by atoms with Crippen molar-refractivity contribution in [1.82, 2.24) is 9.78 Å². The molecule has 184 valence electrons. The van der Waals surface area contributed by atoms with Crippen molar-refractivity contribution in [2.24, 2.45) is 0 Å². The van der Waals surface area contributed by atoms with E-state index in [-0.39, 0.29) is 5.91 Å². The minimum absolute atomic E-state index is 0.298. The number of nitrogens with one attached hydrogen (secondary N) is 1. The number of aryl methyl sites for hydroxylation is 1. The molecule has 1 heterocycles. The molecule has 0 spiro atoms. The largest absolute Gasteiger partial charge is 0.496 e. The summed E-state index contributed by atoms with van der Waals surface area (Å²) in [5.41, 5.74) is 3.35. The first-order valence-corrected chi connectivity index (χ1v) is 12.0. The van der Waals surface area contributed by atoms with Gasteiger partial charge in [0.2, 0.25) is 5.91 Å². The molecule has 4 aromatic rings. The molecule has 0 bridgehead atoms. The van der Waals surface area contributed by atoms with Crippen LogP contribution in [0, 0.1) is 6.92 Å². The summed E-state index contributed by atoms with van der Waals surface area (Å²) in [4.78, 5) is 12.6. The van der Waals surface area contributed by atoms with Crippen LogP contribution in [0.3, 0.4) is 0 Å². The number of ether oxygens (including phenoxy) is 2. The van der Waals surface area contributed by atoms with E-state index in [1.165, 1.54) is 6.08 Å². The molecular weight excluding hydrogens is 497 g/mol. The minimum atomic E-state index is -0.298. The normalized spacial score (nSPS) is 11.0. The standard InChI is InChI=1S/C28H25Cl2N3O3/c1-19-15-27(32-33(19)17-23-24(29)9-6-10-25(23)30)31-28(34)14-12-20-11-13-26(35-2)21(16-20)18-36-22-7-4-3-5-8-22/h3-16H,17-18H2,1-2H3,(H,31,32,34)/b14-12+. The van der Waals surface area contributed by atoms with Gasteiger partial charge < -0.3 is 14.8 Å². The number of halogens is 2. The average molecular weight is 522 g/mol. The van der Waals surface area contributed by atoms with Crippen LogP contribution in [0.2, 0.25) is 10.0 Å². The molecule has 0 unspecified atom stereocenters.